The number of amides is 1. The standard InChI is InChI=1S/C16H21F3N2O5S/c1-3-21(4-2)14(22)11-26-15(23)8-9-20-27(24,25)13-7-5-6-12(10-13)16(17,18)19/h5-7,10,20H,3-4,8-9,11H2,1-2H3. The smallest absolute Gasteiger partial charge is 0.416 e. The molecular weight excluding hydrogens is 389 g/mol. The summed E-state index contributed by atoms with van der Waals surface area (Å²) in [6.07, 6.45) is -5.05. The van der Waals surface area contributed by atoms with Crippen LogP contribution in [0, 0.1) is 0 Å². The Hall–Kier alpha value is -2.14. The van der Waals surface area contributed by atoms with E-state index in [1.807, 2.05) is 4.72 Å². The third kappa shape index (κ3) is 7.18. The lowest BCUT2D eigenvalue weighted by atomic mass is 10.2. The second-order valence-electron chi connectivity index (χ2n) is 5.40. The number of nitrogens with one attached hydrogen (secondary N) is 1. The summed E-state index contributed by atoms with van der Waals surface area (Å²) in [4.78, 5) is 24.2. The first-order valence-corrected chi connectivity index (χ1v) is 9.60. The van der Waals surface area contributed by atoms with Gasteiger partial charge in [-0.15, -0.1) is 0 Å². The molecule has 1 aromatic carbocycles. The molecule has 1 amide bonds. The van der Waals surface area contributed by atoms with Crippen LogP contribution in [0.4, 0.5) is 13.2 Å². The molecule has 0 saturated heterocycles. The van der Waals surface area contributed by atoms with Crippen LogP contribution in [-0.2, 0) is 30.5 Å². The van der Waals surface area contributed by atoms with Gasteiger partial charge in [0.2, 0.25) is 10.0 Å². The lowest BCUT2D eigenvalue weighted by Gasteiger charge is -2.18. The molecule has 11 heteroatoms. The van der Waals surface area contributed by atoms with Gasteiger partial charge in [-0.3, -0.25) is 9.59 Å². The van der Waals surface area contributed by atoms with Gasteiger partial charge in [-0.1, -0.05) is 6.07 Å². The quantitative estimate of drug-likeness (QED) is 0.627. The molecule has 0 unspecified atom stereocenters. The van der Waals surface area contributed by atoms with Crippen molar-refractivity contribution in [3.63, 3.8) is 0 Å². The zero-order valence-electron chi connectivity index (χ0n) is 14.9. The van der Waals surface area contributed by atoms with Crippen molar-refractivity contribution >= 4 is 21.9 Å². The van der Waals surface area contributed by atoms with Crippen molar-refractivity contribution < 1.29 is 35.9 Å². The Morgan fingerprint density at radius 2 is 1.81 bits per heavy atom. The van der Waals surface area contributed by atoms with Gasteiger partial charge in [-0.2, -0.15) is 13.2 Å². The van der Waals surface area contributed by atoms with Crippen LogP contribution in [0.15, 0.2) is 29.2 Å². The van der Waals surface area contributed by atoms with Crippen LogP contribution < -0.4 is 4.72 Å². The van der Waals surface area contributed by atoms with Crippen molar-refractivity contribution in [1.82, 2.24) is 9.62 Å². The summed E-state index contributed by atoms with van der Waals surface area (Å²) in [5.41, 5.74) is -1.10. The van der Waals surface area contributed by atoms with Crippen LogP contribution in [-0.4, -0.2) is 51.4 Å². The number of carbonyl (C=O) groups is 2. The van der Waals surface area contributed by atoms with E-state index in [4.69, 9.17) is 4.74 Å². The first kappa shape index (κ1) is 22.9. The normalized spacial score (nSPS) is 11.9. The monoisotopic (exact) mass is 410 g/mol. The highest BCUT2D eigenvalue weighted by molar-refractivity contribution is 7.89. The summed E-state index contributed by atoms with van der Waals surface area (Å²) in [6.45, 7) is 3.63. The Labute approximate surface area is 155 Å². The molecule has 152 valence electrons. The zero-order chi connectivity index (χ0) is 20.7. The molecular formula is C16H21F3N2O5S. The van der Waals surface area contributed by atoms with E-state index >= 15 is 0 Å². The molecule has 1 N–H and O–H groups in total. The number of benzene rings is 1. The van der Waals surface area contributed by atoms with Crippen molar-refractivity contribution in [3.8, 4) is 0 Å². The van der Waals surface area contributed by atoms with Gasteiger partial charge in [0.1, 0.15) is 0 Å². The molecule has 0 aliphatic heterocycles. The summed E-state index contributed by atoms with van der Waals surface area (Å²) < 4.78 is 68.8. The van der Waals surface area contributed by atoms with E-state index in [2.05, 4.69) is 0 Å². The van der Waals surface area contributed by atoms with Crippen molar-refractivity contribution in [2.45, 2.75) is 31.3 Å². The average molecular weight is 410 g/mol. The van der Waals surface area contributed by atoms with Crippen molar-refractivity contribution in [2.24, 2.45) is 0 Å². The number of rotatable bonds is 9. The Morgan fingerprint density at radius 1 is 1.19 bits per heavy atom. The second kappa shape index (κ2) is 9.70. The predicted molar refractivity (Wildman–Crippen MR) is 90.1 cm³/mol. The molecule has 27 heavy (non-hydrogen) atoms. The number of hydrogen-bond acceptors (Lipinski definition) is 5. The van der Waals surface area contributed by atoms with E-state index in [1.54, 1.807) is 13.8 Å². The summed E-state index contributed by atoms with van der Waals surface area (Å²) in [5.74, 6) is -1.18. The highest BCUT2D eigenvalue weighted by atomic mass is 32.2. The lowest BCUT2D eigenvalue weighted by molar-refractivity contribution is -0.151. The van der Waals surface area contributed by atoms with Gasteiger partial charge in [0.05, 0.1) is 16.9 Å². The molecule has 0 fully saturated rings. The zero-order valence-corrected chi connectivity index (χ0v) is 15.7. The SMILES string of the molecule is CCN(CC)C(=O)COC(=O)CCNS(=O)(=O)c1cccc(C(F)(F)F)c1. The van der Waals surface area contributed by atoms with Crippen LogP contribution in [0.25, 0.3) is 0 Å². The van der Waals surface area contributed by atoms with E-state index in [1.165, 1.54) is 4.90 Å². The first-order valence-electron chi connectivity index (χ1n) is 8.11. The Bertz CT molecular complexity index is 762. The highest BCUT2D eigenvalue weighted by Gasteiger charge is 2.31. The maximum Gasteiger partial charge on any atom is 0.416 e. The van der Waals surface area contributed by atoms with Crippen LogP contribution in [0.1, 0.15) is 25.8 Å². The number of halogens is 3. The summed E-state index contributed by atoms with van der Waals surface area (Å²) in [7, 11) is -4.22. The number of carbonyl (C=O) groups excluding carboxylic acids is 2. The third-order valence-corrected chi connectivity index (χ3v) is 5.02. The van der Waals surface area contributed by atoms with E-state index < -0.39 is 39.2 Å². The van der Waals surface area contributed by atoms with E-state index in [0.717, 1.165) is 18.2 Å². The summed E-state index contributed by atoms with van der Waals surface area (Å²) in [6, 6.07) is 3.25. The first-order chi connectivity index (χ1) is 12.5. The van der Waals surface area contributed by atoms with E-state index in [9.17, 15) is 31.2 Å². The number of nitrogens with zero attached hydrogens (tertiary/aromatic N) is 1. The molecule has 0 radical (unpaired) electrons. The van der Waals surface area contributed by atoms with E-state index in [0.29, 0.717) is 19.2 Å². The molecule has 0 heterocycles. The molecule has 1 rings (SSSR count). The maximum atomic E-state index is 12.7. The summed E-state index contributed by atoms with van der Waals surface area (Å²) >= 11 is 0. The minimum absolute atomic E-state index is 0.371. The lowest BCUT2D eigenvalue weighted by Crippen LogP contribution is -2.34. The van der Waals surface area contributed by atoms with Gasteiger partial charge in [-0.25, -0.2) is 13.1 Å². The van der Waals surface area contributed by atoms with Crippen molar-refractivity contribution in [1.29, 1.82) is 0 Å². The minimum Gasteiger partial charge on any atom is -0.456 e. The minimum atomic E-state index is -4.67. The average Bonchev–Trinajstić information content (AvgIpc) is 2.60. The fourth-order valence-electron chi connectivity index (χ4n) is 2.09. The van der Waals surface area contributed by atoms with Gasteiger partial charge in [0, 0.05) is 19.6 Å². The van der Waals surface area contributed by atoms with Crippen LogP contribution >= 0.6 is 0 Å². The van der Waals surface area contributed by atoms with Gasteiger partial charge in [0.25, 0.3) is 5.91 Å². The largest absolute Gasteiger partial charge is 0.456 e. The number of esters is 1. The highest BCUT2D eigenvalue weighted by Crippen LogP contribution is 2.30. The second-order valence-corrected chi connectivity index (χ2v) is 7.17. The topological polar surface area (TPSA) is 92.8 Å². The fraction of sp³-hybridized carbons (Fsp3) is 0.500. The Balaban J connectivity index is 2.56. The maximum absolute atomic E-state index is 12.7. The number of ether oxygens (including phenoxy) is 1. The van der Waals surface area contributed by atoms with Crippen LogP contribution in [0.2, 0.25) is 0 Å². The number of sulfonamides is 1. The predicted octanol–water partition coefficient (Wildman–Crippen LogP) is 1.79. The fourth-order valence-corrected chi connectivity index (χ4v) is 3.17. The van der Waals surface area contributed by atoms with Gasteiger partial charge in [0.15, 0.2) is 6.61 Å². The molecule has 0 bridgehead atoms. The molecule has 7 nitrogen and oxygen atoms in total. The van der Waals surface area contributed by atoms with Gasteiger partial charge < -0.3 is 9.64 Å². The molecule has 0 saturated carbocycles. The molecule has 0 spiro atoms. The molecule has 1 aromatic rings. The third-order valence-electron chi connectivity index (χ3n) is 3.57. The van der Waals surface area contributed by atoms with Crippen LogP contribution in [0.5, 0.6) is 0 Å². The van der Waals surface area contributed by atoms with Gasteiger partial charge >= 0.3 is 12.1 Å². The summed E-state index contributed by atoms with van der Waals surface area (Å²) in [5, 5.41) is 0. The van der Waals surface area contributed by atoms with Crippen LogP contribution in [0.3, 0.4) is 0 Å². The van der Waals surface area contributed by atoms with Crippen molar-refractivity contribution in [2.75, 3.05) is 26.2 Å². The molecule has 0 aliphatic carbocycles. The van der Waals surface area contributed by atoms with Crippen molar-refractivity contribution in [3.05, 3.63) is 29.8 Å². The molecule has 0 aliphatic rings. The van der Waals surface area contributed by atoms with Gasteiger partial charge in [-0.05, 0) is 32.0 Å². The number of alkyl halides is 3. The molecule has 0 atom stereocenters. The van der Waals surface area contributed by atoms with E-state index in [-0.39, 0.29) is 18.9 Å². The molecule has 0 aromatic heterocycles. The Kier molecular flexibility index (Phi) is 8.22. The Morgan fingerprint density at radius 3 is 2.37 bits per heavy atom. The number of likely N-dealkylation sites (N-methyl/N-ethyl adjacent to an activating group) is 1. The number of hydrogen-bond donors (Lipinski definition) is 1.